The molecule has 1 amide bonds. The van der Waals surface area contributed by atoms with E-state index in [1.165, 1.54) is 5.56 Å². The minimum Gasteiger partial charge on any atom is -0.494 e. The molecule has 0 aromatic heterocycles. The number of nitrogens with one attached hydrogen (secondary N) is 2. The molecule has 1 atom stereocenters. The molecule has 1 aromatic carbocycles. The van der Waals surface area contributed by atoms with E-state index in [4.69, 9.17) is 14.5 Å². The zero-order valence-electron chi connectivity index (χ0n) is 19.7. The highest BCUT2D eigenvalue weighted by atomic mass is 127. The monoisotopic (exact) mass is 558 g/mol. The summed E-state index contributed by atoms with van der Waals surface area (Å²) in [5, 5.41) is 6.94. The van der Waals surface area contributed by atoms with Crippen LogP contribution in [0.3, 0.4) is 0 Å². The van der Waals surface area contributed by atoms with Crippen LogP contribution in [0.25, 0.3) is 0 Å². The number of ether oxygens (including phenoxy) is 2. The number of aliphatic imine (C=N–C) groups is 1. The number of hydrogen-bond donors (Lipinski definition) is 2. The van der Waals surface area contributed by atoms with Crippen LogP contribution in [0, 0.1) is 0 Å². The maximum atomic E-state index is 12.0. The Morgan fingerprint density at radius 1 is 1.22 bits per heavy atom. The minimum atomic E-state index is -0.0365. The van der Waals surface area contributed by atoms with Crippen LogP contribution in [0.1, 0.15) is 52.0 Å². The Morgan fingerprint density at radius 3 is 2.56 bits per heavy atom. The summed E-state index contributed by atoms with van der Waals surface area (Å²) in [7, 11) is 0. The Morgan fingerprint density at radius 2 is 1.94 bits per heavy atom. The molecule has 0 bridgehead atoms. The van der Waals surface area contributed by atoms with Gasteiger partial charge < -0.3 is 25.0 Å². The lowest BCUT2D eigenvalue weighted by molar-refractivity contribution is -0.129. The summed E-state index contributed by atoms with van der Waals surface area (Å²) in [6.07, 6.45) is 3.42. The summed E-state index contributed by atoms with van der Waals surface area (Å²) in [4.78, 5) is 18.9. The number of benzene rings is 1. The molecule has 2 heterocycles. The van der Waals surface area contributed by atoms with Crippen LogP contribution in [0.15, 0.2) is 29.3 Å². The molecule has 1 unspecified atom stereocenters. The van der Waals surface area contributed by atoms with Gasteiger partial charge in [-0.3, -0.25) is 9.79 Å². The maximum Gasteiger partial charge on any atom is 0.222 e. The molecule has 2 aliphatic rings. The van der Waals surface area contributed by atoms with E-state index in [0.29, 0.717) is 19.6 Å². The SMILES string of the molecule is CCNC(=NCC1(c2ccc(OCC)cc2)CCOCC1)NC1CCN(C(=O)CC)C1.I. The van der Waals surface area contributed by atoms with Gasteiger partial charge in [-0.25, -0.2) is 0 Å². The number of carbonyl (C=O) groups excluding carboxylic acids is 1. The molecule has 7 nitrogen and oxygen atoms in total. The van der Waals surface area contributed by atoms with Gasteiger partial charge in [0.2, 0.25) is 5.91 Å². The van der Waals surface area contributed by atoms with Crippen molar-refractivity contribution in [3.8, 4) is 5.75 Å². The molecule has 2 saturated heterocycles. The number of rotatable bonds is 8. The van der Waals surface area contributed by atoms with E-state index in [1.807, 2.05) is 18.7 Å². The largest absolute Gasteiger partial charge is 0.494 e. The van der Waals surface area contributed by atoms with Crippen molar-refractivity contribution in [2.24, 2.45) is 4.99 Å². The molecule has 180 valence electrons. The van der Waals surface area contributed by atoms with Gasteiger partial charge in [0.25, 0.3) is 0 Å². The highest BCUT2D eigenvalue weighted by Gasteiger charge is 2.35. The summed E-state index contributed by atoms with van der Waals surface area (Å²) >= 11 is 0. The van der Waals surface area contributed by atoms with Gasteiger partial charge in [-0.05, 0) is 50.8 Å². The fourth-order valence-electron chi connectivity index (χ4n) is 4.44. The second kappa shape index (κ2) is 13.2. The highest BCUT2D eigenvalue weighted by Crippen LogP contribution is 2.36. The molecule has 0 radical (unpaired) electrons. The number of hydrogen-bond acceptors (Lipinski definition) is 4. The lowest BCUT2D eigenvalue weighted by atomic mass is 9.74. The summed E-state index contributed by atoms with van der Waals surface area (Å²) in [5.41, 5.74) is 1.25. The van der Waals surface area contributed by atoms with Crippen molar-refractivity contribution >= 4 is 35.8 Å². The third kappa shape index (κ3) is 6.97. The van der Waals surface area contributed by atoms with Crippen LogP contribution in [0.5, 0.6) is 5.75 Å². The number of likely N-dealkylation sites (tertiary alicyclic amines) is 1. The second-order valence-corrected chi connectivity index (χ2v) is 8.37. The Bertz CT molecular complexity index is 735. The molecular formula is C24H39IN4O3. The molecule has 0 saturated carbocycles. The van der Waals surface area contributed by atoms with Crippen molar-refractivity contribution in [2.45, 2.75) is 57.9 Å². The first kappa shape index (κ1) is 26.7. The third-order valence-electron chi connectivity index (χ3n) is 6.30. The maximum absolute atomic E-state index is 12.0. The smallest absolute Gasteiger partial charge is 0.222 e. The van der Waals surface area contributed by atoms with Gasteiger partial charge in [-0.15, -0.1) is 24.0 Å². The lowest BCUT2D eigenvalue weighted by Crippen LogP contribution is -2.46. The van der Waals surface area contributed by atoms with Gasteiger partial charge in [0.1, 0.15) is 5.75 Å². The third-order valence-corrected chi connectivity index (χ3v) is 6.30. The number of carbonyl (C=O) groups is 1. The van der Waals surface area contributed by atoms with Crippen molar-refractivity contribution in [1.82, 2.24) is 15.5 Å². The zero-order chi connectivity index (χ0) is 22.1. The van der Waals surface area contributed by atoms with Crippen LogP contribution in [-0.4, -0.2) is 68.8 Å². The van der Waals surface area contributed by atoms with E-state index in [-0.39, 0.29) is 41.3 Å². The van der Waals surface area contributed by atoms with Gasteiger partial charge in [0, 0.05) is 50.7 Å². The Labute approximate surface area is 209 Å². The number of nitrogens with zero attached hydrogens (tertiary/aromatic N) is 2. The van der Waals surface area contributed by atoms with Gasteiger partial charge in [-0.1, -0.05) is 19.1 Å². The van der Waals surface area contributed by atoms with Crippen molar-refractivity contribution in [3.63, 3.8) is 0 Å². The van der Waals surface area contributed by atoms with Crippen molar-refractivity contribution < 1.29 is 14.3 Å². The molecule has 1 aromatic rings. The molecule has 2 aliphatic heterocycles. The van der Waals surface area contributed by atoms with E-state index in [2.05, 4.69) is 41.8 Å². The van der Waals surface area contributed by atoms with Crippen molar-refractivity contribution in [3.05, 3.63) is 29.8 Å². The molecular weight excluding hydrogens is 519 g/mol. The fraction of sp³-hybridized carbons (Fsp3) is 0.667. The average Bonchev–Trinajstić information content (AvgIpc) is 3.27. The van der Waals surface area contributed by atoms with Gasteiger partial charge >= 0.3 is 0 Å². The van der Waals surface area contributed by atoms with E-state index in [9.17, 15) is 4.79 Å². The molecule has 0 spiro atoms. The molecule has 8 heteroatoms. The normalized spacial score (nSPS) is 20.4. The number of halogens is 1. The first-order valence-electron chi connectivity index (χ1n) is 11.7. The van der Waals surface area contributed by atoms with Crippen LogP contribution in [-0.2, 0) is 14.9 Å². The van der Waals surface area contributed by atoms with Crippen molar-refractivity contribution in [2.75, 3.05) is 46.0 Å². The second-order valence-electron chi connectivity index (χ2n) is 8.37. The lowest BCUT2D eigenvalue weighted by Gasteiger charge is -2.37. The average molecular weight is 559 g/mol. The van der Waals surface area contributed by atoms with Crippen LogP contribution < -0.4 is 15.4 Å². The summed E-state index contributed by atoms with van der Waals surface area (Å²) < 4.78 is 11.3. The Kier molecular flexibility index (Phi) is 11.0. The van der Waals surface area contributed by atoms with E-state index < -0.39 is 0 Å². The predicted molar refractivity (Wildman–Crippen MR) is 139 cm³/mol. The van der Waals surface area contributed by atoms with Gasteiger partial charge in [-0.2, -0.15) is 0 Å². The Hall–Kier alpha value is -1.55. The predicted octanol–water partition coefficient (Wildman–Crippen LogP) is 3.32. The molecule has 0 aliphatic carbocycles. The first-order valence-corrected chi connectivity index (χ1v) is 11.7. The summed E-state index contributed by atoms with van der Waals surface area (Å²) in [6, 6.07) is 8.71. The van der Waals surface area contributed by atoms with Crippen LogP contribution >= 0.6 is 24.0 Å². The van der Waals surface area contributed by atoms with Crippen LogP contribution in [0.2, 0.25) is 0 Å². The molecule has 32 heavy (non-hydrogen) atoms. The molecule has 2 N–H and O–H groups in total. The highest BCUT2D eigenvalue weighted by molar-refractivity contribution is 14.0. The zero-order valence-corrected chi connectivity index (χ0v) is 22.0. The van der Waals surface area contributed by atoms with Crippen LogP contribution in [0.4, 0.5) is 0 Å². The first-order chi connectivity index (χ1) is 15.1. The molecule has 2 fully saturated rings. The molecule has 3 rings (SSSR count). The van der Waals surface area contributed by atoms with Crippen molar-refractivity contribution in [1.29, 1.82) is 0 Å². The van der Waals surface area contributed by atoms with Gasteiger partial charge in [0.05, 0.1) is 13.2 Å². The number of guanidine groups is 1. The van der Waals surface area contributed by atoms with Gasteiger partial charge in [0.15, 0.2) is 5.96 Å². The topological polar surface area (TPSA) is 75.2 Å². The quantitative estimate of drug-likeness (QED) is 0.291. The van der Waals surface area contributed by atoms with E-state index >= 15 is 0 Å². The number of amides is 1. The summed E-state index contributed by atoms with van der Waals surface area (Å²) in [5.74, 6) is 1.96. The van der Waals surface area contributed by atoms with E-state index in [0.717, 1.165) is 63.8 Å². The Balaban J connectivity index is 0.00000363. The standard InChI is InChI=1S/C24H38N4O3.HI/c1-4-22(29)28-14-11-20(17-28)27-23(25-5-2)26-18-24(12-15-30-16-13-24)19-7-9-21(10-8-19)31-6-3;/h7-10,20H,4-6,11-18H2,1-3H3,(H2,25,26,27);1H. The summed E-state index contributed by atoms with van der Waals surface area (Å²) in [6.45, 7) is 11.2. The minimum absolute atomic E-state index is 0. The fourth-order valence-corrected chi connectivity index (χ4v) is 4.44. The van der Waals surface area contributed by atoms with E-state index in [1.54, 1.807) is 0 Å².